The Hall–Kier alpha value is -0.830. The van der Waals surface area contributed by atoms with Crippen molar-refractivity contribution >= 4 is 0 Å². The van der Waals surface area contributed by atoms with E-state index < -0.39 is 0 Å². The Balaban J connectivity index is 1.87. The molecule has 0 saturated carbocycles. The summed E-state index contributed by atoms with van der Waals surface area (Å²) in [6, 6.07) is 0. The summed E-state index contributed by atoms with van der Waals surface area (Å²) in [7, 11) is 0. The van der Waals surface area contributed by atoms with Crippen LogP contribution in [0.3, 0.4) is 0 Å². The number of nitrogens with zero attached hydrogens (tertiary/aromatic N) is 2. The topological polar surface area (TPSA) is 29.9 Å². The van der Waals surface area contributed by atoms with Gasteiger partial charge in [-0.3, -0.25) is 0 Å². The van der Waals surface area contributed by atoms with E-state index in [1.54, 1.807) is 0 Å². The fourth-order valence-corrected chi connectivity index (χ4v) is 2.63. The van der Waals surface area contributed by atoms with Crippen LogP contribution in [0.25, 0.3) is 0 Å². The third kappa shape index (κ3) is 3.32. The predicted molar refractivity (Wildman–Crippen MR) is 71.1 cm³/mol. The van der Waals surface area contributed by atoms with Crippen LogP contribution in [0, 0.1) is 5.92 Å². The molecule has 0 bridgehead atoms. The molecule has 1 aliphatic rings. The van der Waals surface area contributed by atoms with Crippen molar-refractivity contribution in [2.45, 2.75) is 52.0 Å². The molecule has 3 nitrogen and oxygen atoms in total. The second kappa shape index (κ2) is 6.20. The Morgan fingerprint density at radius 3 is 3.18 bits per heavy atom. The molecule has 2 unspecified atom stereocenters. The molecule has 1 saturated heterocycles. The zero-order valence-electron chi connectivity index (χ0n) is 11.2. The molecular weight excluding hydrogens is 210 g/mol. The Labute approximate surface area is 105 Å². The second-order valence-electron chi connectivity index (χ2n) is 5.32. The minimum absolute atomic E-state index is 0.627. The van der Waals surface area contributed by atoms with E-state index >= 15 is 0 Å². The van der Waals surface area contributed by atoms with Gasteiger partial charge in [-0.25, -0.2) is 4.98 Å². The van der Waals surface area contributed by atoms with E-state index in [2.05, 4.69) is 28.7 Å². The van der Waals surface area contributed by atoms with Gasteiger partial charge in [-0.15, -0.1) is 0 Å². The molecule has 2 heterocycles. The van der Waals surface area contributed by atoms with Gasteiger partial charge in [0, 0.05) is 18.4 Å². The maximum Gasteiger partial charge on any atom is 0.0948 e. The molecule has 0 amide bonds. The number of hydrogen-bond acceptors (Lipinski definition) is 2. The van der Waals surface area contributed by atoms with Gasteiger partial charge in [0.25, 0.3) is 0 Å². The van der Waals surface area contributed by atoms with Crippen LogP contribution in [0.15, 0.2) is 12.5 Å². The maximum atomic E-state index is 4.30. The van der Waals surface area contributed by atoms with Crippen molar-refractivity contribution < 1.29 is 0 Å². The lowest BCUT2D eigenvalue weighted by atomic mass is 9.96. The SMILES string of the molecule is CCC(C)c1cncn1CCC1CCCNC1. The summed E-state index contributed by atoms with van der Waals surface area (Å²) in [5.41, 5.74) is 1.40. The summed E-state index contributed by atoms with van der Waals surface area (Å²) < 4.78 is 2.35. The molecule has 0 radical (unpaired) electrons. The molecule has 1 aromatic rings. The summed E-state index contributed by atoms with van der Waals surface area (Å²) in [5, 5.41) is 3.49. The van der Waals surface area contributed by atoms with Gasteiger partial charge >= 0.3 is 0 Å². The molecule has 0 aromatic carbocycles. The van der Waals surface area contributed by atoms with Crippen LogP contribution in [0.5, 0.6) is 0 Å². The first-order chi connectivity index (χ1) is 8.31. The van der Waals surface area contributed by atoms with Gasteiger partial charge in [-0.1, -0.05) is 13.8 Å². The number of rotatable bonds is 5. The van der Waals surface area contributed by atoms with Crippen molar-refractivity contribution in [1.82, 2.24) is 14.9 Å². The van der Waals surface area contributed by atoms with Crippen molar-refractivity contribution in [3.05, 3.63) is 18.2 Å². The lowest BCUT2D eigenvalue weighted by molar-refractivity contribution is 0.339. The standard InChI is InChI=1S/C14H25N3/c1-3-12(2)14-10-16-11-17(14)8-6-13-5-4-7-15-9-13/h10-13,15H,3-9H2,1-2H3. The van der Waals surface area contributed by atoms with E-state index in [9.17, 15) is 0 Å². The molecule has 17 heavy (non-hydrogen) atoms. The van der Waals surface area contributed by atoms with Crippen molar-refractivity contribution in [2.24, 2.45) is 5.92 Å². The molecule has 0 aliphatic carbocycles. The highest BCUT2D eigenvalue weighted by Gasteiger charge is 2.14. The number of aromatic nitrogens is 2. The maximum absolute atomic E-state index is 4.30. The first-order valence-corrected chi connectivity index (χ1v) is 7.02. The van der Waals surface area contributed by atoms with Gasteiger partial charge in [0.1, 0.15) is 0 Å². The predicted octanol–water partition coefficient (Wildman–Crippen LogP) is 2.79. The average molecular weight is 235 g/mol. The molecular formula is C14H25N3. The van der Waals surface area contributed by atoms with Crippen LogP contribution in [0.4, 0.5) is 0 Å². The van der Waals surface area contributed by atoms with Gasteiger partial charge in [-0.2, -0.15) is 0 Å². The van der Waals surface area contributed by atoms with Gasteiger partial charge in [0.15, 0.2) is 0 Å². The van der Waals surface area contributed by atoms with E-state index in [1.165, 1.54) is 44.5 Å². The molecule has 3 heteroatoms. The molecule has 2 rings (SSSR count). The van der Waals surface area contributed by atoms with Crippen LogP contribution in [0.2, 0.25) is 0 Å². The Morgan fingerprint density at radius 1 is 1.59 bits per heavy atom. The zero-order valence-corrected chi connectivity index (χ0v) is 11.2. The van der Waals surface area contributed by atoms with Crippen molar-refractivity contribution in [1.29, 1.82) is 0 Å². The van der Waals surface area contributed by atoms with Gasteiger partial charge < -0.3 is 9.88 Å². The molecule has 96 valence electrons. The van der Waals surface area contributed by atoms with Gasteiger partial charge in [-0.05, 0) is 50.6 Å². The minimum atomic E-state index is 0.627. The summed E-state index contributed by atoms with van der Waals surface area (Å²) >= 11 is 0. The fraction of sp³-hybridized carbons (Fsp3) is 0.786. The van der Waals surface area contributed by atoms with E-state index in [1.807, 2.05) is 12.5 Å². The van der Waals surface area contributed by atoms with E-state index in [0.29, 0.717) is 5.92 Å². The van der Waals surface area contributed by atoms with Crippen LogP contribution in [0.1, 0.15) is 51.1 Å². The van der Waals surface area contributed by atoms with Crippen LogP contribution in [-0.2, 0) is 6.54 Å². The minimum Gasteiger partial charge on any atom is -0.334 e. The van der Waals surface area contributed by atoms with Gasteiger partial charge in [0.05, 0.1) is 6.33 Å². The van der Waals surface area contributed by atoms with E-state index in [-0.39, 0.29) is 0 Å². The molecule has 1 N–H and O–H groups in total. The number of nitrogens with one attached hydrogen (secondary N) is 1. The molecule has 1 aliphatic heterocycles. The average Bonchev–Trinajstić information content (AvgIpc) is 2.85. The normalized spacial score (nSPS) is 22.6. The monoisotopic (exact) mass is 235 g/mol. The molecule has 0 spiro atoms. The smallest absolute Gasteiger partial charge is 0.0948 e. The quantitative estimate of drug-likeness (QED) is 0.850. The molecule has 2 atom stereocenters. The highest BCUT2D eigenvalue weighted by molar-refractivity contribution is 5.04. The number of imidazole rings is 1. The second-order valence-corrected chi connectivity index (χ2v) is 5.32. The first-order valence-electron chi connectivity index (χ1n) is 7.02. The number of aryl methyl sites for hydroxylation is 1. The highest BCUT2D eigenvalue weighted by Crippen LogP contribution is 2.20. The van der Waals surface area contributed by atoms with E-state index in [4.69, 9.17) is 0 Å². The van der Waals surface area contributed by atoms with E-state index in [0.717, 1.165) is 12.5 Å². The number of hydrogen-bond donors (Lipinski definition) is 1. The van der Waals surface area contributed by atoms with Crippen LogP contribution < -0.4 is 5.32 Å². The van der Waals surface area contributed by atoms with Crippen LogP contribution >= 0.6 is 0 Å². The molecule has 1 aromatic heterocycles. The third-order valence-corrected chi connectivity index (χ3v) is 4.04. The zero-order chi connectivity index (χ0) is 12.1. The Kier molecular flexibility index (Phi) is 4.60. The van der Waals surface area contributed by atoms with Crippen molar-refractivity contribution in [3.8, 4) is 0 Å². The Bertz CT molecular complexity index is 326. The lowest BCUT2D eigenvalue weighted by Gasteiger charge is -2.23. The first kappa shape index (κ1) is 12.6. The summed E-state index contributed by atoms with van der Waals surface area (Å²) in [6.07, 6.45) is 9.24. The Morgan fingerprint density at radius 2 is 2.47 bits per heavy atom. The van der Waals surface area contributed by atoms with Gasteiger partial charge in [0.2, 0.25) is 0 Å². The summed E-state index contributed by atoms with van der Waals surface area (Å²) in [4.78, 5) is 4.30. The van der Waals surface area contributed by atoms with Crippen molar-refractivity contribution in [3.63, 3.8) is 0 Å². The summed E-state index contributed by atoms with van der Waals surface area (Å²) in [5.74, 6) is 1.48. The highest BCUT2D eigenvalue weighted by atomic mass is 15.0. The lowest BCUT2D eigenvalue weighted by Crippen LogP contribution is -2.30. The van der Waals surface area contributed by atoms with Crippen molar-refractivity contribution in [2.75, 3.05) is 13.1 Å². The third-order valence-electron chi connectivity index (χ3n) is 4.04. The largest absolute Gasteiger partial charge is 0.334 e. The molecule has 1 fully saturated rings. The number of piperidine rings is 1. The van der Waals surface area contributed by atoms with Crippen LogP contribution in [-0.4, -0.2) is 22.6 Å². The fourth-order valence-electron chi connectivity index (χ4n) is 2.63. The summed E-state index contributed by atoms with van der Waals surface area (Å²) in [6.45, 7) is 8.07.